The van der Waals surface area contributed by atoms with Gasteiger partial charge in [-0.25, -0.2) is 0 Å². The van der Waals surface area contributed by atoms with Crippen molar-refractivity contribution in [1.82, 2.24) is 0 Å². The summed E-state index contributed by atoms with van der Waals surface area (Å²) in [5.41, 5.74) is 2.51. The van der Waals surface area contributed by atoms with Gasteiger partial charge in [-0.15, -0.1) is 0 Å². The first kappa shape index (κ1) is 10.9. The topological polar surface area (TPSA) is 20.3 Å². The molecule has 1 aliphatic rings. The van der Waals surface area contributed by atoms with Crippen molar-refractivity contribution in [3.63, 3.8) is 0 Å². The molecular formula is C14H17NO. The third kappa shape index (κ3) is 2.51. The predicted octanol–water partition coefficient (Wildman–Crippen LogP) is 2.92. The number of hydrogen-bond donors (Lipinski definition) is 0. The van der Waals surface area contributed by atoms with E-state index in [0.29, 0.717) is 12.3 Å². The number of allylic oxidation sites excluding steroid dienone is 1. The average molecular weight is 215 g/mol. The summed E-state index contributed by atoms with van der Waals surface area (Å²) in [6.45, 7) is 3.09. The first-order chi connectivity index (χ1) is 7.79. The molecule has 1 aromatic carbocycles. The summed E-state index contributed by atoms with van der Waals surface area (Å²) >= 11 is 0. The van der Waals surface area contributed by atoms with Crippen LogP contribution in [0.4, 0.5) is 5.69 Å². The monoisotopic (exact) mass is 215 g/mol. The Bertz CT molecular complexity index is 380. The van der Waals surface area contributed by atoms with Crippen molar-refractivity contribution in [1.29, 1.82) is 0 Å². The molecule has 1 aromatic rings. The van der Waals surface area contributed by atoms with Gasteiger partial charge >= 0.3 is 0 Å². The fourth-order valence-electron chi connectivity index (χ4n) is 1.97. The number of benzene rings is 1. The number of aldehydes is 1. The second-order valence-corrected chi connectivity index (χ2v) is 4.32. The zero-order valence-corrected chi connectivity index (χ0v) is 9.60. The first-order valence-corrected chi connectivity index (χ1v) is 5.75. The van der Waals surface area contributed by atoms with Gasteiger partial charge in [-0.05, 0) is 31.4 Å². The predicted molar refractivity (Wildman–Crippen MR) is 66.5 cm³/mol. The Balaban J connectivity index is 2.05. The molecule has 2 rings (SSSR count). The van der Waals surface area contributed by atoms with E-state index in [1.165, 1.54) is 11.3 Å². The van der Waals surface area contributed by atoms with Gasteiger partial charge in [-0.1, -0.05) is 23.8 Å². The van der Waals surface area contributed by atoms with E-state index in [0.717, 1.165) is 19.3 Å². The Morgan fingerprint density at radius 2 is 2.12 bits per heavy atom. The van der Waals surface area contributed by atoms with Crippen molar-refractivity contribution in [2.75, 3.05) is 11.4 Å². The van der Waals surface area contributed by atoms with Crippen LogP contribution in [0.1, 0.15) is 18.4 Å². The van der Waals surface area contributed by atoms with E-state index < -0.39 is 0 Å². The number of aryl methyl sites for hydroxylation is 1. The first-order valence-electron chi connectivity index (χ1n) is 5.75. The number of rotatable bonds is 3. The number of nitrogens with zero attached hydrogens (tertiary/aromatic N) is 1. The molecule has 0 saturated carbocycles. The highest BCUT2D eigenvalue weighted by Crippen LogP contribution is 2.22. The number of carbonyl (C=O) groups excluding carboxylic acids is 1. The summed E-state index contributed by atoms with van der Waals surface area (Å²) in [6, 6.07) is 8.53. The van der Waals surface area contributed by atoms with Gasteiger partial charge in [0.2, 0.25) is 0 Å². The molecule has 1 heterocycles. The van der Waals surface area contributed by atoms with E-state index in [-0.39, 0.29) is 0 Å². The molecule has 0 aromatic heterocycles. The van der Waals surface area contributed by atoms with Gasteiger partial charge in [0, 0.05) is 24.9 Å². The molecule has 0 bridgehead atoms. The molecule has 0 N–H and O–H groups in total. The second-order valence-electron chi connectivity index (χ2n) is 4.32. The maximum absolute atomic E-state index is 10.4. The van der Waals surface area contributed by atoms with Crippen LogP contribution in [-0.4, -0.2) is 12.8 Å². The van der Waals surface area contributed by atoms with E-state index in [1.54, 1.807) is 0 Å². The van der Waals surface area contributed by atoms with Crippen LogP contribution in [-0.2, 0) is 4.79 Å². The summed E-state index contributed by atoms with van der Waals surface area (Å²) in [7, 11) is 0. The van der Waals surface area contributed by atoms with Gasteiger partial charge in [-0.3, -0.25) is 0 Å². The maximum atomic E-state index is 10.4. The lowest BCUT2D eigenvalue weighted by Crippen LogP contribution is -2.24. The minimum absolute atomic E-state index is 0.430. The lowest BCUT2D eigenvalue weighted by Gasteiger charge is -2.27. The fourth-order valence-corrected chi connectivity index (χ4v) is 1.97. The number of anilines is 1. The molecule has 84 valence electrons. The highest BCUT2D eigenvalue weighted by atomic mass is 16.1. The quantitative estimate of drug-likeness (QED) is 0.722. The van der Waals surface area contributed by atoms with E-state index in [2.05, 4.69) is 48.4 Å². The molecule has 16 heavy (non-hydrogen) atoms. The average Bonchev–Trinajstić information content (AvgIpc) is 2.32. The van der Waals surface area contributed by atoms with Gasteiger partial charge in [0.05, 0.1) is 0 Å². The molecule has 0 saturated heterocycles. The molecule has 0 fully saturated rings. The SMILES string of the molecule is Cc1ccc(N2C=CC(CC=O)CC2)cc1. The third-order valence-electron chi connectivity index (χ3n) is 3.04. The van der Waals surface area contributed by atoms with Crippen LogP contribution in [0.3, 0.4) is 0 Å². The summed E-state index contributed by atoms with van der Waals surface area (Å²) in [4.78, 5) is 12.7. The van der Waals surface area contributed by atoms with Crippen LogP contribution in [0.15, 0.2) is 36.5 Å². The highest BCUT2D eigenvalue weighted by Gasteiger charge is 2.13. The third-order valence-corrected chi connectivity index (χ3v) is 3.04. The minimum Gasteiger partial charge on any atom is -0.348 e. The lowest BCUT2D eigenvalue weighted by molar-refractivity contribution is -0.108. The fraction of sp³-hybridized carbons (Fsp3) is 0.357. The molecule has 0 aliphatic carbocycles. The lowest BCUT2D eigenvalue weighted by atomic mass is 9.99. The molecule has 2 nitrogen and oxygen atoms in total. The van der Waals surface area contributed by atoms with Crippen molar-refractivity contribution >= 4 is 12.0 Å². The van der Waals surface area contributed by atoms with Crippen LogP contribution >= 0.6 is 0 Å². The van der Waals surface area contributed by atoms with Crippen LogP contribution < -0.4 is 4.90 Å². The number of hydrogen-bond acceptors (Lipinski definition) is 2. The molecule has 2 heteroatoms. The molecule has 1 aliphatic heterocycles. The van der Waals surface area contributed by atoms with Crippen LogP contribution in [0.25, 0.3) is 0 Å². The highest BCUT2D eigenvalue weighted by molar-refractivity contribution is 5.53. The zero-order chi connectivity index (χ0) is 11.4. The van der Waals surface area contributed by atoms with Gasteiger partial charge in [-0.2, -0.15) is 0 Å². The van der Waals surface area contributed by atoms with Crippen molar-refractivity contribution < 1.29 is 4.79 Å². The van der Waals surface area contributed by atoms with E-state index in [1.807, 2.05) is 0 Å². The van der Waals surface area contributed by atoms with E-state index >= 15 is 0 Å². The Hall–Kier alpha value is -1.57. The minimum atomic E-state index is 0.430. The van der Waals surface area contributed by atoms with Gasteiger partial charge in [0.15, 0.2) is 0 Å². The van der Waals surface area contributed by atoms with Crippen molar-refractivity contribution in [3.8, 4) is 0 Å². The van der Waals surface area contributed by atoms with Crippen molar-refractivity contribution in [3.05, 3.63) is 42.1 Å². The second kappa shape index (κ2) is 4.97. The maximum Gasteiger partial charge on any atom is 0.120 e. The summed E-state index contributed by atoms with van der Waals surface area (Å²) in [5, 5.41) is 0. The molecule has 1 atom stereocenters. The zero-order valence-electron chi connectivity index (χ0n) is 9.60. The normalized spacial score (nSPS) is 19.8. The molecule has 1 unspecified atom stereocenters. The Labute approximate surface area is 96.6 Å². The molecule has 0 spiro atoms. The smallest absolute Gasteiger partial charge is 0.120 e. The van der Waals surface area contributed by atoms with Crippen molar-refractivity contribution in [2.45, 2.75) is 19.8 Å². The standard InChI is InChI=1S/C14H17NO/c1-12-2-4-14(5-3-12)15-9-6-13(7-10-15)8-11-16/h2-6,9,11,13H,7-8,10H2,1H3. The Morgan fingerprint density at radius 3 is 2.69 bits per heavy atom. The van der Waals surface area contributed by atoms with E-state index in [9.17, 15) is 4.79 Å². The van der Waals surface area contributed by atoms with Crippen molar-refractivity contribution in [2.24, 2.45) is 5.92 Å². The van der Waals surface area contributed by atoms with Crippen LogP contribution in [0.2, 0.25) is 0 Å². The largest absolute Gasteiger partial charge is 0.348 e. The van der Waals surface area contributed by atoms with Crippen LogP contribution in [0.5, 0.6) is 0 Å². The molecule has 0 radical (unpaired) electrons. The summed E-state index contributed by atoms with van der Waals surface area (Å²) < 4.78 is 0. The summed E-state index contributed by atoms with van der Waals surface area (Å²) in [5.74, 6) is 0.430. The van der Waals surface area contributed by atoms with Crippen LogP contribution in [0, 0.1) is 12.8 Å². The van der Waals surface area contributed by atoms with Gasteiger partial charge in [0.25, 0.3) is 0 Å². The van der Waals surface area contributed by atoms with E-state index in [4.69, 9.17) is 0 Å². The van der Waals surface area contributed by atoms with Gasteiger partial charge < -0.3 is 9.69 Å². The Kier molecular flexibility index (Phi) is 3.40. The molecule has 0 amide bonds. The summed E-state index contributed by atoms with van der Waals surface area (Å²) in [6.07, 6.45) is 6.96. The molecular weight excluding hydrogens is 198 g/mol. The number of carbonyl (C=O) groups is 1. The van der Waals surface area contributed by atoms with Gasteiger partial charge in [0.1, 0.15) is 6.29 Å². The Morgan fingerprint density at radius 1 is 1.38 bits per heavy atom.